The van der Waals surface area contributed by atoms with Gasteiger partial charge in [0.05, 0.1) is 0 Å². The summed E-state index contributed by atoms with van der Waals surface area (Å²) in [6.45, 7) is 0. The first-order valence-corrected chi connectivity index (χ1v) is 21.5. The van der Waals surface area contributed by atoms with Gasteiger partial charge in [0.15, 0.2) is 17.5 Å². The Hall–Kier alpha value is -4.87. The molecule has 0 atom stereocenters. The minimum Gasteiger partial charge on any atom is -0.208 e. The lowest BCUT2D eigenvalue weighted by Gasteiger charge is -2.61. The van der Waals surface area contributed by atoms with Gasteiger partial charge in [0, 0.05) is 42.3 Å². The standard InChI is InChI=1S/C47H40B5N3S/c48-39-38(40(49)42(51)43(52)41(39)50)46-54-44(29-11-6-14-34-35(29)28-9-3-4-13-33(28)56-34)53-45(55-46)30-10-5-12-31-37(30)36-27-8-2-1-7-24(27)15-16-32(36)47(31)25-18-22-17-23(20-25)21-26(47)19-22/h1-16,22-23,25-26H,17-21,48-52H2. The predicted molar refractivity (Wildman–Crippen MR) is 251 cm³/mol. The van der Waals surface area contributed by atoms with Gasteiger partial charge in [-0.2, -0.15) is 0 Å². The third kappa shape index (κ3) is 4.33. The van der Waals surface area contributed by atoms with Crippen LogP contribution < -0.4 is 27.3 Å². The van der Waals surface area contributed by atoms with E-state index in [1.165, 1.54) is 107 Å². The highest BCUT2D eigenvalue weighted by molar-refractivity contribution is 7.25. The van der Waals surface area contributed by atoms with Crippen molar-refractivity contribution in [2.24, 2.45) is 23.7 Å². The van der Waals surface area contributed by atoms with E-state index in [-0.39, 0.29) is 5.41 Å². The van der Waals surface area contributed by atoms with Crippen LogP contribution in [0.3, 0.4) is 0 Å². The molecule has 0 aliphatic heterocycles. The summed E-state index contributed by atoms with van der Waals surface area (Å²) < 4.78 is 2.54. The van der Waals surface area contributed by atoms with Crippen molar-refractivity contribution in [3.8, 4) is 45.3 Å². The summed E-state index contributed by atoms with van der Waals surface area (Å²) in [5, 5.41) is 5.14. The van der Waals surface area contributed by atoms with Gasteiger partial charge in [-0.15, -0.1) is 27.7 Å². The van der Waals surface area contributed by atoms with E-state index >= 15 is 0 Å². The van der Waals surface area contributed by atoms with Crippen LogP contribution in [0.4, 0.5) is 0 Å². The number of aromatic nitrogens is 3. The molecule has 0 N–H and O–H groups in total. The Balaban J connectivity index is 1.19. The van der Waals surface area contributed by atoms with Gasteiger partial charge in [-0.05, 0) is 101 Å². The molecule has 0 saturated heterocycles. The van der Waals surface area contributed by atoms with Gasteiger partial charge in [-0.25, -0.2) is 15.0 Å². The second-order valence-corrected chi connectivity index (χ2v) is 18.8. The first-order valence-electron chi connectivity index (χ1n) is 20.7. The van der Waals surface area contributed by atoms with Crippen molar-refractivity contribution < 1.29 is 0 Å². The molecule has 8 aromatic rings. The van der Waals surface area contributed by atoms with Crippen molar-refractivity contribution in [1.29, 1.82) is 0 Å². The van der Waals surface area contributed by atoms with E-state index < -0.39 is 0 Å². The molecule has 264 valence electrons. The molecule has 9 heteroatoms. The second kappa shape index (κ2) is 11.8. The summed E-state index contributed by atoms with van der Waals surface area (Å²) in [5.74, 6) is 5.40. The molecule has 56 heavy (non-hydrogen) atoms. The Kier molecular flexibility index (Phi) is 7.03. The zero-order valence-electron chi connectivity index (χ0n) is 32.8. The Morgan fingerprint density at radius 3 is 1.79 bits per heavy atom. The summed E-state index contributed by atoms with van der Waals surface area (Å²) in [4.78, 5) is 16.7. The van der Waals surface area contributed by atoms with Gasteiger partial charge < -0.3 is 0 Å². The Labute approximate surface area is 336 Å². The number of nitrogens with zero attached hydrogens (tertiary/aromatic N) is 3. The number of benzene rings is 6. The Bertz CT molecular complexity index is 2970. The third-order valence-electron chi connectivity index (χ3n) is 15.3. The number of hydrogen-bond acceptors (Lipinski definition) is 4. The number of fused-ring (bicyclic) bond motifs is 8. The van der Waals surface area contributed by atoms with Crippen LogP contribution in [0.2, 0.25) is 0 Å². The molecule has 4 bridgehead atoms. The SMILES string of the molecule is Bc1c(B)c(B)c(-c2nc(-c3cccc4c3-c3c(ccc5ccccc35)C43C4CC5CC(C4)CC3C5)nc(-c3cccc4sc5ccccc5c34)n2)c(B)c1B. The third-order valence-corrected chi connectivity index (χ3v) is 16.4. The smallest absolute Gasteiger partial charge is 0.164 e. The minimum atomic E-state index is 0.0381. The van der Waals surface area contributed by atoms with Crippen molar-refractivity contribution in [1.82, 2.24) is 15.0 Å². The second-order valence-electron chi connectivity index (χ2n) is 17.7. The maximum Gasteiger partial charge on any atom is 0.164 e. The van der Waals surface area contributed by atoms with E-state index in [0.717, 1.165) is 46.0 Å². The number of rotatable bonds is 3. The highest BCUT2D eigenvalue weighted by Gasteiger charge is 2.62. The fraction of sp³-hybridized carbons (Fsp3) is 0.213. The van der Waals surface area contributed by atoms with Crippen molar-refractivity contribution in [3.63, 3.8) is 0 Å². The Morgan fingerprint density at radius 2 is 1.04 bits per heavy atom. The molecular formula is C47H40B5N3S. The summed E-state index contributed by atoms with van der Waals surface area (Å²) in [5.41, 5.74) is 15.7. The van der Waals surface area contributed by atoms with Gasteiger partial charge >= 0.3 is 0 Å². The predicted octanol–water partition coefficient (Wildman–Crippen LogP) is 3.41. The van der Waals surface area contributed by atoms with Crippen LogP contribution in [-0.4, -0.2) is 54.2 Å². The molecule has 2 heterocycles. The molecule has 13 rings (SSSR count). The van der Waals surface area contributed by atoms with Crippen molar-refractivity contribution in [2.45, 2.75) is 37.5 Å². The van der Waals surface area contributed by atoms with E-state index in [2.05, 4.69) is 136 Å². The van der Waals surface area contributed by atoms with E-state index in [0.29, 0.717) is 11.8 Å². The summed E-state index contributed by atoms with van der Waals surface area (Å²) in [6.07, 6.45) is 6.86. The van der Waals surface area contributed by atoms with Crippen LogP contribution in [0.1, 0.15) is 43.2 Å². The van der Waals surface area contributed by atoms with Crippen LogP contribution in [-0.2, 0) is 5.41 Å². The van der Waals surface area contributed by atoms with Crippen LogP contribution >= 0.6 is 11.3 Å². The monoisotopic (exact) mass is 733 g/mol. The molecule has 0 radical (unpaired) electrons. The molecule has 5 aliphatic carbocycles. The van der Waals surface area contributed by atoms with E-state index in [4.69, 9.17) is 15.0 Å². The lowest BCUT2D eigenvalue weighted by atomic mass is 9.43. The molecule has 2 aromatic heterocycles. The highest BCUT2D eigenvalue weighted by atomic mass is 32.1. The van der Waals surface area contributed by atoms with Gasteiger partial charge in [-0.1, -0.05) is 95.9 Å². The molecule has 5 aliphatic rings. The number of thiophene rings is 1. The zero-order chi connectivity index (χ0) is 37.6. The largest absolute Gasteiger partial charge is 0.208 e. The molecule has 4 fully saturated rings. The topological polar surface area (TPSA) is 38.7 Å². The zero-order valence-corrected chi connectivity index (χ0v) is 33.6. The lowest BCUT2D eigenvalue weighted by Crippen LogP contribution is -2.55. The Morgan fingerprint density at radius 1 is 0.464 bits per heavy atom. The molecule has 0 amide bonds. The summed E-state index contributed by atoms with van der Waals surface area (Å²) in [7, 11) is 11.2. The average molecular weight is 733 g/mol. The molecule has 4 saturated carbocycles. The van der Waals surface area contributed by atoms with Crippen LogP contribution in [0.25, 0.3) is 76.2 Å². The molecule has 0 unspecified atom stereocenters. The quantitative estimate of drug-likeness (QED) is 0.262. The van der Waals surface area contributed by atoms with Crippen molar-refractivity contribution in [2.75, 3.05) is 0 Å². The van der Waals surface area contributed by atoms with Gasteiger partial charge in [0.1, 0.15) is 39.2 Å². The first kappa shape index (κ1) is 33.3. The van der Waals surface area contributed by atoms with Gasteiger partial charge in [0.25, 0.3) is 0 Å². The van der Waals surface area contributed by atoms with Crippen LogP contribution in [0.5, 0.6) is 0 Å². The van der Waals surface area contributed by atoms with E-state index in [9.17, 15) is 0 Å². The van der Waals surface area contributed by atoms with Gasteiger partial charge in [0.2, 0.25) is 0 Å². The molecule has 6 aromatic carbocycles. The lowest BCUT2D eigenvalue weighted by molar-refractivity contribution is -0.0399. The number of hydrogen-bond donors (Lipinski definition) is 0. The molecule has 3 nitrogen and oxygen atoms in total. The van der Waals surface area contributed by atoms with Crippen molar-refractivity contribution in [3.05, 3.63) is 108 Å². The maximum atomic E-state index is 5.60. The summed E-state index contributed by atoms with van der Waals surface area (Å²) >= 11 is 1.84. The van der Waals surface area contributed by atoms with Crippen LogP contribution in [0, 0.1) is 23.7 Å². The van der Waals surface area contributed by atoms with Crippen LogP contribution in [0.15, 0.2) is 97.1 Å². The minimum absolute atomic E-state index is 0.0381. The van der Waals surface area contributed by atoms with Gasteiger partial charge in [-0.3, -0.25) is 0 Å². The molecule has 1 spiro atoms. The normalized spacial score (nSPS) is 23.1. The highest BCUT2D eigenvalue weighted by Crippen LogP contribution is 2.70. The van der Waals surface area contributed by atoms with E-state index in [1.54, 1.807) is 5.56 Å². The first-order chi connectivity index (χ1) is 27.3. The van der Waals surface area contributed by atoms with Crippen molar-refractivity contribution >= 4 is 109 Å². The fourth-order valence-electron chi connectivity index (χ4n) is 12.7. The average Bonchev–Trinajstić information content (AvgIpc) is 3.75. The van der Waals surface area contributed by atoms with E-state index in [1.807, 2.05) is 11.3 Å². The summed E-state index contributed by atoms with van der Waals surface area (Å²) in [6, 6.07) is 36.5. The molecular weight excluding hydrogens is 693 g/mol. The fourth-order valence-corrected chi connectivity index (χ4v) is 13.8. The maximum absolute atomic E-state index is 5.60.